The molecule has 6 nitrogen and oxygen atoms in total. The van der Waals surface area contributed by atoms with E-state index in [2.05, 4.69) is 32.0 Å². The number of nitrogens with one attached hydrogen (secondary N) is 2. The number of thiophene rings is 1. The van der Waals surface area contributed by atoms with Crippen molar-refractivity contribution in [3.05, 3.63) is 27.2 Å². The number of hydrogen-bond donors (Lipinski definition) is 2. The highest BCUT2D eigenvalue weighted by atomic mass is 32.1. The minimum atomic E-state index is -0.0495. The molecule has 1 aliphatic rings. The molecule has 0 spiro atoms. The predicted octanol–water partition coefficient (Wildman–Crippen LogP) is 1.85. The van der Waals surface area contributed by atoms with Gasteiger partial charge in [0.2, 0.25) is 0 Å². The fourth-order valence-electron chi connectivity index (χ4n) is 2.46. The second-order valence-electron chi connectivity index (χ2n) is 4.98. The monoisotopic (exact) mass is 291 g/mol. The Bertz CT molecular complexity index is 552. The Morgan fingerprint density at radius 1 is 1.30 bits per heavy atom. The summed E-state index contributed by atoms with van der Waals surface area (Å²) in [6, 6.07) is 2.05. The normalized spacial score (nSPS) is 15.2. The van der Waals surface area contributed by atoms with Crippen LogP contribution in [0.2, 0.25) is 0 Å². The molecule has 2 N–H and O–H groups in total. The molecule has 2 aromatic rings. The van der Waals surface area contributed by atoms with Crippen LogP contribution in [0.25, 0.3) is 0 Å². The Balaban J connectivity index is 1.67. The van der Waals surface area contributed by atoms with Gasteiger partial charge in [-0.1, -0.05) is 18.1 Å². The number of amides is 1. The Morgan fingerprint density at radius 3 is 2.95 bits per heavy atom. The van der Waals surface area contributed by atoms with Crippen LogP contribution in [0.1, 0.15) is 51.6 Å². The van der Waals surface area contributed by atoms with Crippen molar-refractivity contribution in [1.82, 2.24) is 25.9 Å². The summed E-state index contributed by atoms with van der Waals surface area (Å²) in [4.78, 5) is 14.3. The van der Waals surface area contributed by atoms with Gasteiger partial charge in [-0.05, 0) is 37.3 Å². The van der Waals surface area contributed by atoms with E-state index in [-0.39, 0.29) is 5.91 Å². The third kappa shape index (κ3) is 3.04. The van der Waals surface area contributed by atoms with E-state index >= 15 is 0 Å². The molecule has 2 heterocycles. The molecule has 0 unspecified atom stereocenters. The van der Waals surface area contributed by atoms with Crippen molar-refractivity contribution in [3.8, 4) is 0 Å². The average Bonchev–Trinajstić information content (AvgIpc) is 3.06. The summed E-state index contributed by atoms with van der Waals surface area (Å²) in [5, 5.41) is 16.3. The number of fused-ring (bicyclic) bond motifs is 1. The summed E-state index contributed by atoms with van der Waals surface area (Å²) in [6.45, 7) is 0.303. The molecule has 0 aromatic carbocycles. The number of carbonyl (C=O) groups excluding carboxylic acids is 1. The van der Waals surface area contributed by atoms with Crippen molar-refractivity contribution in [2.75, 3.05) is 0 Å². The molecule has 7 heteroatoms. The van der Waals surface area contributed by atoms with Gasteiger partial charge in [0.25, 0.3) is 5.91 Å². The van der Waals surface area contributed by atoms with Crippen molar-refractivity contribution in [2.24, 2.45) is 0 Å². The lowest BCUT2D eigenvalue weighted by atomic mass is 10.00. The number of rotatable bonds is 3. The van der Waals surface area contributed by atoms with Crippen LogP contribution in [-0.2, 0) is 19.4 Å². The van der Waals surface area contributed by atoms with E-state index in [4.69, 9.17) is 0 Å². The van der Waals surface area contributed by atoms with E-state index in [1.165, 1.54) is 36.1 Å². The van der Waals surface area contributed by atoms with Crippen LogP contribution in [0.4, 0.5) is 0 Å². The molecule has 0 bridgehead atoms. The first-order valence-electron chi connectivity index (χ1n) is 6.95. The largest absolute Gasteiger partial charge is 0.344 e. The van der Waals surface area contributed by atoms with Gasteiger partial charge >= 0.3 is 0 Å². The number of nitrogens with zero attached hydrogens (tertiary/aromatic N) is 3. The van der Waals surface area contributed by atoms with Crippen molar-refractivity contribution in [3.63, 3.8) is 0 Å². The highest BCUT2D eigenvalue weighted by Crippen LogP contribution is 2.28. The van der Waals surface area contributed by atoms with Crippen molar-refractivity contribution in [1.29, 1.82) is 0 Å². The molecule has 2 aromatic heterocycles. The van der Waals surface area contributed by atoms with Gasteiger partial charge in [0.05, 0.1) is 11.4 Å². The lowest BCUT2D eigenvalue weighted by Gasteiger charge is -2.07. The fraction of sp³-hybridized carbons (Fsp3) is 0.538. The first-order chi connectivity index (χ1) is 9.83. The van der Waals surface area contributed by atoms with Gasteiger partial charge in [-0.2, -0.15) is 5.21 Å². The SMILES string of the molecule is O=C(NCc1nn[nH]n1)c1cc2c(s1)CCCCCC2. The molecule has 0 fully saturated rings. The second-order valence-corrected chi connectivity index (χ2v) is 6.12. The molecular formula is C13H17N5OS. The molecule has 0 saturated carbocycles. The van der Waals surface area contributed by atoms with Gasteiger partial charge < -0.3 is 5.32 Å². The highest BCUT2D eigenvalue weighted by Gasteiger charge is 2.16. The van der Waals surface area contributed by atoms with Crippen molar-refractivity contribution in [2.45, 2.75) is 45.1 Å². The third-order valence-corrected chi connectivity index (χ3v) is 4.75. The molecular weight excluding hydrogens is 274 g/mol. The maximum absolute atomic E-state index is 12.1. The number of hydrogen-bond acceptors (Lipinski definition) is 5. The molecule has 0 radical (unpaired) electrons. The Hall–Kier alpha value is -1.76. The van der Waals surface area contributed by atoms with Gasteiger partial charge in [-0.15, -0.1) is 21.5 Å². The number of aryl methyl sites for hydroxylation is 2. The second kappa shape index (κ2) is 6.13. The summed E-state index contributed by atoms with van der Waals surface area (Å²) in [5.41, 5.74) is 1.36. The Labute approximate surface area is 121 Å². The predicted molar refractivity (Wildman–Crippen MR) is 75.5 cm³/mol. The number of aromatic amines is 1. The fourth-order valence-corrected chi connectivity index (χ4v) is 3.63. The van der Waals surface area contributed by atoms with Crippen molar-refractivity contribution < 1.29 is 4.79 Å². The number of carbonyl (C=O) groups is 1. The van der Waals surface area contributed by atoms with Gasteiger partial charge in [0, 0.05) is 4.88 Å². The molecule has 1 aliphatic carbocycles. The molecule has 3 rings (SSSR count). The molecule has 0 saturated heterocycles. The first kappa shape index (κ1) is 13.2. The van der Waals surface area contributed by atoms with Crippen LogP contribution >= 0.6 is 11.3 Å². The lowest BCUT2D eigenvalue weighted by molar-refractivity contribution is 0.0954. The van der Waals surface area contributed by atoms with E-state index in [9.17, 15) is 4.79 Å². The third-order valence-electron chi connectivity index (χ3n) is 3.52. The first-order valence-corrected chi connectivity index (χ1v) is 7.76. The quantitative estimate of drug-likeness (QED) is 0.904. The van der Waals surface area contributed by atoms with Crippen LogP contribution in [0.5, 0.6) is 0 Å². The summed E-state index contributed by atoms with van der Waals surface area (Å²) in [5.74, 6) is 0.444. The highest BCUT2D eigenvalue weighted by molar-refractivity contribution is 7.14. The molecule has 0 atom stereocenters. The van der Waals surface area contributed by atoms with Crippen LogP contribution in [0, 0.1) is 0 Å². The van der Waals surface area contributed by atoms with E-state index < -0.39 is 0 Å². The average molecular weight is 291 g/mol. The van der Waals surface area contributed by atoms with Gasteiger partial charge in [-0.25, -0.2) is 0 Å². The maximum Gasteiger partial charge on any atom is 0.261 e. The van der Waals surface area contributed by atoms with Crippen molar-refractivity contribution >= 4 is 17.2 Å². The van der Waals surface area contributed by atoms with Crippen LogP contribution in [0.15, 0.2) is 6.07 Å². The number of aromatic nitrogens is 4. The van der Waals surface area contributed by atoms with E-state index in [0.29, 0.717) is 12.4 Å². The minimum Gasteiger partial charge on any atom is -0.344 e. The zero-order valence-electron chi connectivity index (χ0n) is 11.2. The molecule has 20 heavy (non-hydrogen) atoms. The van der Waals surface area contributed by atoms with E-state index in [1.54, 1.807) is 11.3 Å². The molecule has 106 valence electrons. The van der Waals surface area contributed by atoms with E-state index in [1.807, 2.05) is 0 Å². The van der Waals surface area contributed by atoms with Gasteiger partial charge in [0.1, 0.15) is 0 Å². The smallest absolute Gasteiger partial charge is 0.261 e. The van der Waals surface area contributed by atoms with Crippen LogP contribution < -0.4 is 5.32 Å². The minimum absolute atomic E-state index is 0.0495. The zero-order chi connectivity index (χ0) is 13.8. The maximum atomic E-state index is 12.1. The summed E-state index contributed by atoms with van der Waals surface area (Å²) in [6.07, 6.45) is 7.28. The van der Waals surface area contributed by atoms with E-state index in [0.717, 1.165) is 17.7 Å². The van der Waals surface area contributed by atoms with Gasteiger partial charge in [0.15, 0.2) is 5.82 Å². The topological polar surface area (TPSA) is 83.6 Å². The van der Waals surface area contributed by atoms with Crippen LogP contribution in [0.3, 0.4) is 0 Å². The standard InChI is InChI=1S/C13H17N5OS/c19-13(14-8-12-15-17-18-16-12)11-7-9-5-3-1-2-4-6-10(9)20-11/h7H,1-6,8H2,(H,14,19)(H,15,16,17,18). The Kier molecular flexibility index (Phi) is 4.05. The van der Waals surface area contributed by atoms with Crippen LogP contribution in [-0.4, -0.2) is 26.5 Å². The number of H-pyrrole nitrogens is 1. The Morgan fingerprint density at radius 2 is 2.15 bits per heavy atom. The summed E-state index contributed by atoms with van der Waals surface area (Å²) in [7, 11) is 0. The zero-order valence-corrected chi connectivity index (χ0v) is 12.0. The molecule has 0 aliphatic heterocycles. The molecule has 1 amide bonds. The number of tetrazole rings is 1. The van der Waals surface area contributed by atoms with Gasteiger partial charge in [-0.3, -0.25) is 4.79 Å². The lowest BCUT2D eigenvalue weighted by Crippen LogP contribution is -2.22. The summed E-state index contributed by atoms with van der Waals surface area (Å²) < 4.78 is 0. The summed E-state index contributed by atoms with van der Waals surface area (Å²) >= 11 is 1.63.